The van der Waals surface area contributed by atoms with E-state index in [1.807, 2.05) is 0 Å². The summed E-state index contributed by atoms with van der Waals surface area (Å²) in [6.07, 6.45) is 2.43. The van der Waals surface area contributed by atoms with Gasteiger partial charge in [-0.25, -0.2) is 4.98 Å². The lowest BCUT2D eigenvalue weighted by atomic mass is 10.1. The van der Waals surface area contributed by atoms with E-state index in [4.69, 9.17) is 23.2 Å². The fourth-order valence-electron chi connectivity index (χ4n) is 1.93. The first-order valence-electron chi connectivity index (χ1n) is 6.20. The van der Waals surface area contributed by atoms with Crippen LogP contribution in [0.1, 0.15) is 6.42 Å². The molecule has 9 heteroatoms. The molecule has 1 aliphatic heterocycles. The molecule has 0 saturated carbocycles. The lowest BCUT2D eigenvalue weighted by molar-refractivity contribution is -0.124. The smallest absolute Gasteiger partial charge is 0.224 e. The fourth-order valence-corrected chi connectivity index (χ4v) is 2.38. The Kier molecular flexibility index (Phi) is 10.1. The normalized spacial score (nSPS) is 16.6. The number of aromatic nitrogens is 1. The molecule has 1 aromatic heterocycles. The first kappa shape index (κ1) is 20.5. The van der Waals surface area contributed by atoms with Crippen molar-refractivity contribution in [3.63, 3.8) is 0 Å². The van der Waals surface area contributed by atoms with E-state index < -0.39 is 0 Å². The van der Waals surface area contributed by atoms with Gasteiger partial charge in [0.1, 0.15) is 5.82 Å². The summed E-state index contributed by atoms with van der Waals surface area (Å²) in [6, 6.07) is 1.63. The van der Waals surface area contributed by atoms with Crippen LogP contribution in [-0.4, -0.2) is 37.1 Å². The zero-order valence-corrected chi connectivity index (χ0v) is 14.3. The van der Waals surface area contributed by atoms with Crippen LogP contribution in [0, 0.1) is 5.92 Å². The highest BCUT2D eigenvalue weighted by Gasteiger charge is 2.21. The number of nitrogens with zero attached hydrogens (tertiary/aromatic N) is 1. The number of anilines is 1. The molecule has 2 heterocycles. The molecule has 1 atom stereocenters. The molecule has 2 rings (SSSR count). The number of hydrogen-bond acceptors (Lipinski definition) is 4. The second-order valence-electron chi connectivity index (χ2n) is 4.39. The zero-order chi connectivity index (χ0) is 13.7. The Morgan fingerprint density at radius 2 is 2.14 bits per heavy atom. The zero-order valence-electron chi connectivity index (χ0n) is 11.2. The van der Waals surface area contributed by atoms with Gasteiger partial charge in [-0.15, -0.1) is 24.8 Å². The number of carbonyl (C=O) groups excluding carboxylic acids is 1. The molecule has 1 aromatic rings. The number of halogens is 4. The van der Waals surface area contributed by atoms with Gasteiger partial charge in [0.25, 0.3) is 0 Å². The summed E-state index contributed by atoms with van der Waals surface area (Å²) < 4.78 is 0. The van der Waals surface area contributed by atoms with Crippen molar-refractivity contribution < 1.29 is 4.79 Å². The molecule has 0 spiro atoms. The Morgan fingerprint density at radius 1 is 1.38 bits per heavy atom. The molecular formula is C12H18Cl4N4O. The lowest BCUT2D eigenvalue weighted by Crippen LogP contribution is -2.35. The molecular weight excluding hydrogens is 358 g/mol. The Morgan fingerprint density at radius 3 is 2.76 bits per heavy atom. The van der Waals surface area contributed by atoms with Crippen molar-refractivity contribution >= 4 is 59.7 Å². The monoisotopic (exact) mass is 374 g/mol. The van der Waals surface area contributed by atoms with Crippen LogP contribution in [0.15, 0.2) is 12.3 Å². The summed E-state index contributed by atoms with van der Waals surface area (Å²) in [5.74, 6) is 0.766. The molecule has 0 aromatic carbocycles. The molecule has 1 amide bonds. The van der Waals surface area contributed by atoms with Crippen molar-refractivity contribution in [1.29, 1.82) is 0 Å². The average Bonchev–Trinajstić information content (AvgIpc) is 2.90. The maximum Gasteiger partial charge on any atom is 0.224 e. The molecule has 1 saturated heterocycles. The van der Waals surface area contributed by atoms with Crippen molar-refractivity contribution in [3.05, 3.63) is 22.3 Å². The second-order valence-corrected chi connectivity index (χ2v) is 5.24. The molecule has 5 nitrogen and oxygen atoms in total. The highest BCUT2D eigenvalue weighted by atomic mass is 35.5. The number of rotatable bonds is 5. The average molecular weight is 376 g/mol. The summed E-state index contributed by atoms with van der Waals surface area (Å²) in [5, 5.41) is 10.1. The first-order chi connectivity index (χ1) is 9.16. The molecule has 0 aliphatic carbocycles. The SMILES string of the molecule is Cl.Cl.O=C(NCCNc1ncc(Cl)cc1Cl)C1CCNC1. The number of hydrogen-bond donors (Lipinski definition) is 3. The van der Waals surface area contributed by atoms with Crippen LogP contribution in [-0.2, 0) is 4.79 Å². The third-order valence-electron chi connectivity index (χ3n) is 2.96. The van der Waals surface area contributed by atoms with Gasteiger partial charge in [0.2, 0.25) is 5.91 Å². The molecule has 0 radical (unpaired) electrons. The highest BCUT2D eigenvalue weighted by Crippen LogP contribution is 2.21. The minimum Gasteiger partial charge on any atom is -0.367 e. The number of carbonyl (C=O) groups is 1. The molecule has 3 N–H and O–H groups in total. The topological polar surface area (TPSA) is 66.0 Å². The molecule has 120 valence electrons. The van der Waals surface area contributed by atoms with Gasteiger partial charge in [-0.2, -0.15) is 0 Å². The van der Waals surface area contributed by atoms with E-state index in [9.17, 15) is 4.79 Å². The second kappa shape index (κ2) is 10.3. The van der Waals surface area contributed by atoms with Crippen LogP contribution < -0.4 is 16.0 Å². The van der Waals surface area contributed by atoms with Gasteiger partial charge in [0, 0.05) is 25.8 Å². The van der Waals surface area contributed by atoms with E-state index in [0.717, 1.165) is 19.5 Å². The van der Waals surface area contributed by atoms with E-state index in [1.165, 1.54) is 6.20 Å². The van der Waals surface area contributed by atoms with E-state index >= 15 is 0 Å². The largest absolute Gasteiger partial charge is 0.367 e. The standard InChI is InChI=1S/C12H16Cl2N4O.2ClH/c13-9-5-10(14)11(18-7-9)16-3-4-17-12(19)8-1-2-15-6-8;;/h5,7-8,15H,1-4,6H2,(H,16,18)(H,17,19);2*1H. The Labute approximate surface area is 146 Å². The summed E-state index contributed by atoms with van der Waals surface area (Å²) in [6.45, 7) is 2.79. The Bertz CT molecular complexity index is 455. The lowest BCUT2D eigenvalue weighted by Gasteiger charge is -2.11. The van der Waals surface area contributed by atoms with Gasteiger partial charge in [0.05, 0.1) is 16.0 Å². The van der Waals surface area contributed by atoms with Crippen LogP contribution in [0.2, 0.25) is 10.0 Å². The summed E-state index contributed by atoms with van der Waals surface area (Å²) >= 11 is 11.7. The first-order valence-corrected chi connectivity index (χ1v) is 6.96. The van der Waals surface area contributed by atoms with Crippen LogP contribution in [0.25, 0.3) is 0 Å². The minimum absolute atomic E-state index is 0. The van der Waals surface area contributed by atoms with Gasteiger partial charge in [-0.3, -0.25) is 4.79 Å². The van der Waals surface area contributed by atoms with Crippen LogP contribution in [0.4, 0.5) is 5.82 Å². The number of amides is 1. The van der Waals surface area contributed by atoms with Gasteiger partial charge >= 0.3 is 0 Å². The summed E-state index contributed by atoms with van der Waals surface area (Å²) in [4.78, 5) is 15.8. The van der Waals surface area contributed by atoms with Crippen LogP contribution >= 0.6 is 48.0 Å². The molecule has 1 aliphatic rings. The molecule has 21 heavy (non-hydrogen) atoms. The quantitative estimate of drug-likeness (QED) is 0.691. The molecule has 1 fully saturated rings. The van der Waals surface area contributed by atoms with E-state index in [1.54, 1.807) is 6.07 Å². The van der Waals surface area contributed by atoms with Crippen molar-refractivity contribution in [2.45, 2.75) is 6.42 Å². The maximum atomic E-state index is 11.7. The van der Waals surface area contributed by atoms with E-state index in [-0.39, 0.29) is 36.6 Å². The third kappa shape index (κ3) is 6.45. The maximum absolute atomic E-state index is 11.7. The predicted octanol–water partition coefficient (Wildman–Crippen LogP) is 2.37. The van der Waals surface area contributed by atoms with Gasteiger partial charge in [-0.05, 0) is 19.0 Å². The molecule has 0 bridgehead atoms. The predicted molar refractivity (Wildman–Crippen MR) is 91.2 cm³/mol. The number of pyridine rings is 1. The van der Waals surface area contributed by atoms with Crippen LogP contribution in [0.3, 0.4) is 0 Å². The van der Waals surface area contributed by atoms with E-state index in [0.29, 0.717) is 29.0 Å². The van der Waals surface area contributed by atoms with E-state index in [2.05, 4.69) is 20.9 Å². The van der Waals surface area contributed by atoms with Gasteiger partial charge in [-0.1, -0.05) is 23.2 Å². The summed E-state index contributed by atoms with van der Waals surface area (Å²) in [7, 11) is 0. The fraction of sp³-hybridized carbons (Fsp3) is 0.500. The minimum atomic E-state index is 0. The van der Waals surface area contributed by atoms with Crippen LogP contribution in [0.5, 0.6) is 0 Å². The van der Waals surface area contributed by atoms with Crippen molar-refractivity contribution in [1.82, 2.24) is 15.6 Å². The Balaban J connectivity index is 0.00000200. The Hall–Kier alpha value is -0.460. The third-order valence-corrected chi connectivity index (χ3v) is 3.45. The van der Waals surface area contributed by atoms with Crippen molar-refractivity contribution in [2.75, 3.05) is 31.5 Å². The highest BCUT2D eigenvalue weighted by molar-refractivity contribution is 6.35. The van der Waals surface area contributed by atoms with Crippen molar-refractivity contribution in [2.24, 2.45) is 5.92 Å². The molecule has 1 unspecified atom stereocenters. The number of nitrogens with one attached hydrogen (secondary N) is 3. The van der Waals surface area contributed by atoms with Gasteiger partial charge in [0.15, 0.2) is 0 Å². The summed E-state index contributed by atoms with van der Waals surface area (Å²) in [5.41, 5.74) is 0. The van der Waals surface area contributed by atoms with Crippen molar-refractivity contribution in [3.8, 4) is 0 Å². The van der Waals surface area contributed by atoms with Gasteiger partial charge < -0.3 is 16.0 Å².